The van der Waals surface area contributed by atoms with Crippen LogP contribution in [-0.2, 0) is 19.7 Å². The number of hydrogen-bond donors (Lipinski definition) is 1. The van der Waals surface area contributed by atoms with Gasteiger partial charge < -0.3 is 14.7 Å². The second kappa shape index (κ2) is 4.31. The van der Waals surface area contributed by atoms with Crippen LogP contribution in [0.15, 0.2) is 24.3 Å². The number of carbonyl (C=O) groups is 2. The molecule has 0 radical (unpaired) electrons. The van der Waals surface area contributed by atoms with Crippen molar-refractivity contribution in [3.63, 3.8) is 0 Å². The van der Waals surface area contributed by atoms with Crippen molar-refractivity contribution < 1.29 is 19.4 Å². The molecule has 2 atom stereocenters. The molecule has 110 valence electrons. The minimum atomic E-state index is -0.981. The van der Waals surface area contributed by atoms with Crippen LogP contribution in [0.1, 0.15) is 31.2 Å². The summed E-state index contributed by atoms with van der Waals surface area (Å²) in [5.41, 5.74) is 2.38. The zero-order valence-corrected chi connectivity index (χ0v) is 11.6. The van der Waals surface area contributed by atoms with E-state index < -0.39 is 18.2 Å². The summed E-state index contributed by atoms with van der Waals surface area (Å²) >= 11 is 0. The average Bonchev–Trinajstić information content (AvgIpc) is 2.97. The molecule has 2 heterocycles. The number of hydrogen-bond acceptors (Lipinski definition) is 3. The van der Waals surface area contributed by atoms with E-state index in [1.165, 1.54) is 5.56 Å². The van der Waals surface area contributed by atoms with Crippen LogP contribution in [0.25, 0.3) is 0 Å². The fourth-order valence-corrected chi connectivity index (χ4v) is 3.58. The van der Waals surface area contributed by atoms with Gasteiger partial charge in [-0.15, -0.1) is 0 Å². The molecule has 5 heteroatoms. The second-order valence-electron chi connectivity index (χ2n) is 6.25. The van der Waals surface area contributed by atoms with Gasteiger partial charge in [-0.3, -0.25) is 4.79 Å². The Bertz CT molecular complexity index is 622. The molecule has 1 N–H and O–H groups in total. The van der Waals surface area contributed by atoms with Crippen LogP contribution in [0, 0.1) is 0 Å². The van der Waals surface area contributed by atoms with Crippen molar-refractivity contribution in [1.29, 1.82) is 0 Å². The summed E-state index contributed by atoms with van der Waals surface area (Å²) in [6.07, 6.45) is 1.68. The van der Waals surface area contributed by atoms with Gasteiger partial charge in [0, 0.05) is 17.6 Å². The maximum Gasteiger partial charge on any atom is 0.332 e. The molecule has 1 saturated heterocycles. The molecule has 1 aliphatic carbocycles. The smallest absolute Gasteiger partial charge is 0.332 e. The largest absolute Gasteiger partial charge is 0.479 e. The molecule has 1 aromatic carbocycles. The number of fused-ring (bicyclic) bond motifs is 2. The maximum atomic E-state index is 12.7. The highest BCUT2D eigenvalue weighted by molar-refractivity contribution is 6.00. The molecule has 2 aliphatic heterocycles. The third kappa shape index (κ3) is 1.87. The highest BCUT2D eigenvalue weighted by atomic mass is 16.5. The summed E-state index contributed by atoms with van der Waals surface area (Å²) in [5, 5.41) is 8.98. The topological polar surface area (TPSA) is 66.8 Å². The van der Waals surface area contributed by atoms with Gasteiger partial charge in [-0.2, -0.15) is 0 Å². The number of amides is 1. The van der Waals surface area contributed by atoms with E-state index in [9.17, 15) is 9.59 Å². The van der Waals surface area contributed by atoms with E-state index in [4.69, 9.17) is 9.84 Å². The van der Waals surface area contributed by atoms with E-state index in [0.29, 0.717) is 19.4 Å². The van der Waals surface area contributed by atoms with Gasteiger partial charge in [0.1, 0.15) is 6.10 Å². The van der Waals surface area contributed by atoms with E-state index >= 15 is 0 Å². The van der Waals surface area contributed by atoms with Crippen LogP contribution < -0.4 is 4.90 Å². The van der Waals surface area contributed by atoms with Crippen LogP contribution >= 0.6 is 0 Å². The highest BCUT2D eigenvalue weighted by Gasteiger charge is 2.53. The Morgan fingerprint density at radius 2 is 1.90 bits per heavy atom. The summed E-state index contributed by atoms with van der Waals surface area (Å²) in [4.78, 5) is 25.5. The van der Waals surface area contributed by atoms with Crippen molar-refractivity contribution in [2.24, 2.45) is 0 Å². The Morgan fingerprint density at radius 1 is 1.19 bits per heavy atom. The Labute approximate surface area is 122 Å². The Morgan fingerprint density at radius 3 is 2.57 bits per heavy atom. The normalized spacial score (nSPS) is 28.7. The van der Waals surface area contributed by atoms with E-state index in [-0.39, 0.29) is 11.3 Å². The first kappa shape index (κ1) is 12.8. The van der Waals surface area contributed by atoms with Crippen molar-refractivity contribution in [3.05, 3.63) is 29.8 Å². The minimum absolute atomic E-state index is 0.0880. The quantitative estimate of drug-likeness (QED) is 0.899. The number of carboxylic acids is 1. The zero-order chi connectivity index (χ0) is 14.6. The number of carbonyl (C=O) groups excluding carboxylic acids is 1. The van der Waals surface area contributed by atoms with E-state index in [0.717, 1.165) is 18.5 Å². The molecular weight excluding hydrogens is 270 g/mol. The lowest BCUT2D eigenvalue weighted by Crippen LogP contribution is -2.40. The standard InChI is InChI=1S/C16H17NO4/c18-14(12-5-6-13(21-12)15(19)20)17-9-16(7-8-16)10-3-1-2-4-11(10)17/h1-4,12-13H,5-9H2,(H,19,20)/t12-,13+/m0/s1. The highest BCUT2D eigenvalue weighted by Crippen LogP contribution is 2.56. The number of benzene rings is 1. The number of anilines is 1. The fourth-order valence-electron chi connectivity index (χ4n) is 3.58. The maximum absolute atomic E-state index is 12.7. The molecule has 2 fully saturated rings. The fraction of sp³-hybridized carbons (Fsp3) is 0.500. The predicted octanol–water partition coefficient (Wildman–Crippen LogP) is 1.70. The average molecular weight is 287 g/mol. The number of ether oxygens (including phenoxy) is 1. The lowest BCUT2D eigenvalue weighted by Gasteiger charge is -2.21. The van der Waals surface area contributed by atoms with E-state index in [1.54, 1.807) is 4.90 Å². The lowest BCUT2D eigenvalue weighted by atomic mass is 9.99. The molecule has 5 nitrogen and oxygen atoms in total. The number of aliphatic carboxylic acids is 1. The number of carboxylic acid groups (broad SMARTS) is 1. The summed E-state index contributed by atoms with van der Waals surface area (Å²) < 4.78 is 5.41. The van der Waals surface area contributed by atoms with Crippen molar-refractivity contribution in [2.75, 3.05) is 11.4 Å². The van der Waals surface area contributed by atoms with Crippen molar-refractivity contribution in [2.45, 2.75) is 43.3 Å². The first-order valence-electron chi connectivity index (χ1n) is 7.40. The van der Waals surface area contributed by atoms with Crippen LogP contribution in [-0.4, -0.2) is 35.7 Å². The number of nitrogens with zero attached hydrogens (tertiary/aromatic N) is 1. The van der Waals surface area contributed by atoms with Crippen molar-refractivity contribution >= 4 is 17.6 Å². The molecule has 0 unspecified atom stereocenters. The summed E-state index contributed by atoms with van der Waals surface area (Å²) in [7, 11) is 0. The molecule has 3 aliphatic rings. The third-order valence-electron chi connectivity index (χ3n) is 4.92. The molecule has 4 rings (SSSR count). The number of rotatable bonds is 2. The molecule has 21 heavy (non-hydrogen) atoms. The van der Waals surface area contributed by atoms with Crippen LogP contribution in [0.2, 0.25) is 0 Å². The first-order valence-corrected chi connectivity index (χ1v) is 7.40. The van der Waals surface area contributed by atoms with E-state index in [1.807, 2.05) is 18.2 Å². The van der Waals surface area contributed by atoms with E-state index in [2.05, 4.69) is 6.07 Å². The van der Waals surface area contributed by atoms with Gasteiger partial charge in [0.25, 0.3) is 5.91 Å². The van der Waals surface area contributed by atoms with Gasteiger partial charge in [-0.05, 0) is 37.3 Å². The monoisotopic (exact) mass is 287 g/mol. The van der Waals surface area contributed by atoms with Crippen LogP contribution in [0.4, 0.5) is 5.69 Å². The van der Waals surface area contributed by atoms with Gasteiger partial charge in [-0.25, -0.2) is 4.79 Å². The number of para-hydroxylation sites is 1. The molecule has 0 bridgehead atoms. The van der Waals surface area contributed by atoms with Crippen LogP contribution in [0.3, 0.4) is 0 Å². The predicted molar refractivity (Wildman–Crippen MR) is 75.2 cm³/mol. The lowest BCUT2D eigenvalue weighted by molar-refractivity contribution is -0.151. The van der Waals surface area contributed by atoms with Gasteiger partial charge in [-0.1, -0.05) is 18.2 Å². The van der Waals surface area contributed by atoms with Crippen molar-refractivity contribution in [3.8, 4) is 0 Å². The SMILES string of the molecule is O=C(O)[C@H]1CC[C@@H](C(=O)N2CC3(CC3)c3ccccc32)O1. The Balaban J connectivity index is 1.58. The summed E-state index contributed by atoms with van der Waals surface area (Å²) in [6.45, 7) is 0.711. The Kier molecular flexibility index (Phi) is 2.63. The van der Waals surface area contributed by atoms with Gasteiger partial charge in [0.05, 0.1) is 0 Å². The first-order chi connectivity index (χ1) is 10.1. The molecular formula is C16H17NO4. The third-order valence-corrected chi connectivity index (χ3v) is 4.92. The van der Waals surface area contributed by atoms with Crippen LogP contribution in [0.5, 0.6) is 0 Å². The molecule has 1 spiro atoms. The molecule has 0 aromatic heterocycles. The van der Waals surface area contributed by atoms with Crippen molar-refractivity contribution in [1.82, 2.24) is 0 Å². The summed E-state index contributed by atoms with van der Waals surface area (Å²) in [6, 6.07) is 8.03. The molecule has 1 saturated carbocycles. The Hall–Kier alpha value is -1.88. The van der Waals surface area contributed by atoms with Gasteiger partial charge >= 0.3 is 5.97 Å². The summed E-state index contributed by atoms with van der Waals surface area (Å²) in [5.74, 6) is -1.07. The molecule has 1 amide bonds. The second-order valence-corrected chi connectivity index (χ2v) is 6.25. The molecule has 1 aromatic rings. The van der Waals surface area contributed by atoms with Gasteiger partial charge in [0.15, 0.2) is 6.10 Å². The minimum Gasteiger partial charge on any atom is -0.479 e. The zero-order valence-electron chi connectivity index (χ0n) is 11.6. The van der Waals surface area contributed by atoms with Gasteiger partial charge in [0.2, 0.25) is 0 Å².